The number of hydrogen-bond donors (Lipinski definition) is 2. The Kier molecular flexibility index (Phi) is 3.74. The number of thiazole rings is 1. The molecule has 0 spiro atoms. The number of nitrogens with one attached hydrogen (secondary N) is 1. The minimum absolute atomic E-state index is 0.0242. The van der Waals surface area contributed by atoms with Crippen molar-refractivity contribution in [3.8, 4) is 0 Å². The maximum Gasteiger partial charge on any atom is 0.185 e. The van der Waals surface area contributed by atoms with Gasteiger partial charge in [-0.15, -0.1) is 11.3 Å². The van der Waals surface area contributed by atoms with E-state index in [9.17, 15) is 5.11 Å². The van der Waals surface area contributed by atoms with E-state index in [4.69, 9.17) is 0 Å². The average molecular weight is 289 g/mol. The summed E-state index contributed by atoms with van der Waals surface area (Å²) in [6, 6.07) is 8.28. The molecule has 0 fully saturated rings. The smallest absolute Gasteiger partial charge is 0.185 e. The van der Waals surface area contributed by atoms with Crippen LogP contribution in [0.3, 0.4) is 0 Å². The van der Waals surface area contributed by atoms with E-state index in [-0.39, 0.29) is 12.1 Å². The van der Waals surface area contributed by atoms with Gasteiger partial charge in [0.2, 0.25) is 0 Å². The van der Waals surface area contributed by atoms with Crippen molar-refractivity contribution in [2.75, 3.05) is 19.0 Å². The van der Waals surface area contributed by atoms with Crippen molar-refractivity contribution < 1.29 is 5.11 Å². The number of aliphatic hydroxyl groups excluding tert-OH is 1. The van der Waals surface area contributed by atoms with Crippen LogP contribution in [0.25, 0.3) is 0 Å². The summed E-state index contributed by atoms with van der Waals surface area (Å²) in [5.74, 6) is 0. The van der Waals surface area contributed by atoms with Crippen molar-refractivity contribution in [3.05, 3.63) is 46.5 Å². The molecule has 0 aliphatic heterocycles. The summed E-state index contributed by atoms with van der Waals surface area (Å²) in [5.41, 5.74) is 2.47. The minimum Gasteiger partial charge on any atom is -0.391 e. The van der Waals surface area contributed by atoms with Crippen LogP contribution in [-0.4, -0.2) is 30.3 Å². The Morgan fingerprint density at radius 3 is 2.95 bits per heavy atom. The molecule has 2 atom stereocenters. The van der Waals surface area contributed by atoms with Gasteiger partial charge in [0.1, 0.15) is 0 Å². The molecule has 0 amide bonds. The van der Waals surface area contributed by atoms with Crippen molar-refractivity contribution in [2.45, 2.75) is 25.1 Å². The molecule has 0 saturated heterocycles. The molecule has 2 aromatic rings. The number of nitrogens with zero attached hydrogens (tertiary/aromatic N) is 2. The van der Waals surface area contributed by atoms with Crippen molar-refractivity contribution in [2.24, 2.45) is 0 Å². The van der Waals surface area contributed by atoms with Crippen LogP contribution in [-0.2, 0) is 13.0 Å². The molecule has 2 N–H and O–H groups in total. The summed E-state index contributed by atoms with van der Waals surface area (Å²) in [5, 5.41) is 14.7. The third-order valence-electron chi connectivity index (χ3n) is 3.62. The second-order valence-electron chi connectivity index (χ2n) is 5.33. The van der Waals surface area contributed by atoms with Gasteiger partial charge in [0.25, 0.3) is 0 Å². The fraction of sp³-hybridized carbons (Fsp3) is 0.400. The molecule has 1 aromatic heterocycles. The zero-order chi connectivity index (χ0) is 14.1. The number of benzene rings is 1. The van der Waals surface area contributed by atoms with Crippen molar-refractivity contribution in [1.29, 1.82) is 0 Å². The fourth-order valence-corrected chi connectivity index (χ4v) is 3.40. The van der Waals surface area contributed by atoms with Crippen LogP contribution in [0.5, 0.6) is 0 Å². The Bertz CT molecular complexity index is 596. The Balaban J connectivity index is 1.69. The highest BCUT2D eigenvalue weighted by atomic mass is 32.1. The fourth-order valence-electron chi connectivity index (χ4n) is 2.62. The molecule has 0 bridgehead atoms. The Hall–Kier alpha value is -1.43. The van der Waals surface area contributed by atoms with E-state index in [1.54, 1.807) is 11.3 Å². The summed E-state index contributed by atoms with van der Waals surface area (Å²) in [7, 11) is 3.99. The number of hydrogen-bond acceptors (Lipinski definition) is 5. The van der Waals surface area contributed by atoms with E-state index in [1.165, 1.54) is 16.0 Å². The number of fused-ring (bicyclic) bond motifs is 1. The molecule has 5 heteroatoms. The first kappa shape index (κ1) is 13.5. The van der Waals surface area contributed by atoms with Gasteiger partial charge < -0.3 is 15.3 Å². The Labute approximate surface area is 123 Å². The largest absolute Gasteiger partial charge is 0.391 e. The quantitative estimate of drug-likeness (QED) is 0.903. The number of aromatic nitrogens is 1. The SMILES string of the molecule is CN(C)c1ncc(CN[C@H]2c3ccccc3C[C@@H]2O)s1. The van der Waals surface area contributed by atoms with Gasteiger partial charge in [-0.05, 0) is 11.1 Å². The molecule has 1 aliphatic carbocycles. The van der Waals surface area contributed by atoms with Crippen LogP contribution in [0.15, 0.2) is 30.5 Å². The van der Waals surface area contributed by atoms with E-state index in [0.29, 0.717) is 0 Å². The topological polar surface area (TPSA) is 48.4 Å². The Morgan fingerprint density at radius 1 is 1.40 bits per heavy atom. The van der Waals surface area contributed by atoms with Crippen molar-refractivity contribution >= 4 is 16.5 Å². The van der Waals surface area contributed by atoms with E-state index < -0.39 is 0 Å². The predicted molar refractivity (Wildman–Crippen MR) is 82.2 cm³/mol. The first-order chi connectivity index (χ1) is 9.65. The van der Waals surface area contributed by atoms with Crippen molar-refractivity contribution in [1.82, 2.24) is 10.3 Å². The van der Waals surface area contributed by atoms with Crippen LogP contribution in [0.2, 0.25) is 0 Å². The molecule has 4 nitrogen and oxygen atoms in total. The molecule has 0 radical (unpaired) electrons. The van der Waals surface area contributed by atoms with E-state index in [1.807, 2.05) is 37.3 Å². The highest BCUT2D eigenvalue weighted by molar-refractivity contribution is 7.15. The highest BCUT2D eigenvalue weighted by Crippen LogP contribution is 2.31. The Morgan fingerprint density at radius 2 is 2.20 bits per heavy atom. The second kappa shape index (κ2) is 5.52. The molecular formula is C15H19N3OS. The lowest BCUT2D eigenvalue weighted by molar-refractivity contribution is 0.141. The minimum atomic E-state index is -0.339. The maximum atomic E-state index is 10.2. The summed E-state index contributed by atoms with van der Waals surface area (Å²) in [6.45, 7) is 0.738. The molecule has 1 aliphatic rings. The van der Waals surface area contributed by atoms with Gasteiger partial charge in [0.15, 0.2) is 5.13 Å². The number of aliphatic hydroxyl groups is 1. The molecule has 3 rings (SSSR count). The highest BCUT2D eigenvalue weighted by Gasteiger charge is 2.30. The number of rotatable bonds is 4. The van der Waals surface area contributed by atoms with Crippen molar-refractivity contribution in [3.63, 3.8) is 0 Å². The standard InChI is InChI=1S/C15H19N3OS/c1-18(2)15-17-9-11(20-15)8-16-14-12-6-4-3-5-10(12)7-13(14)19/h3-6,9,13-14,16,19H,7-8H2,1-2H3/t13-,14-/m0/s1. The summed E-state index contributed by atoms with van der Waals surface area (Å²) < 4.78 is 0. The lowest BCUT2D eigenvalue weighted by atomic mass is 10.1. The molecule has 1 aromatic carbocycles. The normalized spacial score (nSPS) is 20.9. The third-order valence-corrected chi connectivity index (χ3v) is 4.79. The van der Waals surface area contributed by atoms with Gasteiger partial charge in [-0.25, -0.2) is 4.98 Å². The average Bonchev–Trinajstić information content (AvgIpc) is 3.00. The summed E-state index contributed by atoms with van der Waals surface area (Å²) in [4.78, 5) is 7.56. The van der Waals surface area contributed by atoms with Gasteiger partial charge in [0, 0.05) is 38.1 Å². The third kappa shape index (κ3) is 2.57. The van der Waals surface area contributed by atoms with E-state index in [0.717, 1.165) is 18.1 Å². The van der Waals surface area contributed by atoms with Crippen LogP contribution >= 0.6 is 11.3 Å². The summed E-state index contributed by atoms with van der Waals surface area (Å²) in [6.07, 6.45) is 2.30. The molecule has 106 valence electrons. The zero-order valence-electron chi connectivity index (χ0n) is 11.7. The van der Waals surface area contributed by atoms with Gasteiger partial charge in [-0.1, -0.05) is 24.3 Å². The zero-order valence-corrected chi connectivity index (χ0v) is 12.5. The van der Waals surface area contributed by atoms with Crippen LogP contribution in [0.4, 0.5) is 5.13 Å². The van der Waals surface area contributed by atoms with E-state index >= 15 is 0 Å². The lowest BCUT2D eigenvalue weighted by Crippen LogP contribution is -2.28. The van der Waals surface area contributed by atoms with E-state index in [2.05, 4.69) is 22.4 Å². The molecular weight excluding hydrogens is 270 g/mol. The van der Waals surface area contributed by atoms with Gasteiger partial charge >= 0.3 is 0 Å². The first-order valence-corrected chi connectivity index (χ1v) is 7.58. The second-order valence-corrected chi connectivity index (χ2v) is 6.43. The predicted octanol–water partition coefficient (Wildman–Crippen LogP) is 1.96. The van der Waals surface area contributed by atoms with Gasteiger partial charge in [0.05, 0.1) is 12.1 Å². The van der Waals surface area contributed by atoms with Crippen LogP contribution < -0.4 is 10.2 Å². The first-order valence-electron chi connectivity index (χ1n) is 6.76. The van der Waals surface area contributed by atoms with Crippen LogP contribution in [0, 0.1) is 0 Å². The molecule has 0 unspecified atom stereocenters. The molecule has 0 saturated carbocycles. The van der Waals surface area contributed by atoms with Gasteiger partial charge in [-0.2, -0.15) is 0 Å². The monoisotopic (exact) mass is 289 g/mol. The maximum absolute atomic E-state index is 10.2. The van der Waals surface area contributed by atoms with Gasteiger partial charge in [-0.3, -0.25) is 0 Å². The summed E-state index contributed by atoms with van der Waals surface area (Å²) >= 11 is 1.68. The number of anilines is 1. The van der Waals surface area contributed by atoms with Crippen LogP contribution in [0.1, 0.15) is 22.0 Å². The lowest BCUT2D eigenvalue weighted by Gasteiger charge is -2.17. The molecule has 20 heavy (non-hydrogen) atoms. The molecule has 1 heterocycles.